The summed E-state index contributed by atoms with van der Waals surface area (Å²) < 4.78 is 5.54. The summed E-state index contributed by atoms with van der Waals surface area (Å²) in [6, 6.07) is 6.01. The molecule has 0 saturated carbocycles. The molecule has 0 aliphatic rings. The zero-order valence-corrected chi connectivity index (χ0v) is 10.2. The summed E-state index contributed by atoms with van der Waals surface area (Å²) in [5, 5.41) is 3.16. The average molecular weight is 234 g/mol. The second-order valence-corrected chi connectivity index (χ2v) is 4.07. The van der Waals surface area contributed by atoms with E-state index in [2.05, 4.69) is 29.2 Å². The molecule has 1 heterocycles. The molecule has 0 unspecified atom stereocenters. The number of nitrogens with one attached hydrogen (secondary N) is 1. The van der Waals surface area contributed by atoms with Crippen LogP contribution >= 0.6 is 0 Å². The van der Waals surface area contributed by atoms with E-state index in [-0.39, 0.29) is 0 Å². The second-order valence-electron chi connectivity index (χ2n) is 4.07. The third-order valence-corrected chi connectivity index (χ3v) is 2.72. The number of nitrogens with zero attached hydrogens (tertiary/aromatic N) is 2. The van der Waals surface area contributed by atoms with Crippen LogP contribution < -0.4 is 11.1 Å². The van der Waals surface area contributed by atoms with Crippen LogP contribution in [0.5, 0.6) is 0 Å². The monoisotopic (exact) mass is 234 g/mol. The van der Waals surface area contributed by atoms with E-state index in [1.807, 2.05) is 12.1 Å². The molecule has 5 heteroatoms. The maximum atomic E-state index is 5.68. The smallest absolute Gasteiger partial charge is 0.295 e. The zero-order chi connectivity index (χ0) is 12.3. The first-order valence-electron chi connectivity index (χ1n) is 5.77. The van der Waals surface area contributed by atoms with E-state index in [4.69, 9.17) is 10.2 Å². The predicted molar refractivity (Wildman–Crippen MR) is 70.1 cm³/mol. The molecule has 0 spiro atoms. The van der Waals surface area contributed by atoms with Crippen molar-refractivity contribution >= 4 is 22.8 Å². The van der Waals surface area contributed by atoms with Crippen molar-refractivity contribution in [3.63, 3.8) is 0 Å². The Morgan fingerprint density at radius 1 is 1.47 bits per heavy atom. The molecule has 0 fully saturated rings. The molecule has 0 bridgehead atoms. The van der Waals surface area contributed by atoms with Gasteiger partial charge in [-0.1, -0.05) is 6.92 Å². The fourth-order valence-electron chi connectivity index (χ4n) is 1.53. The van der Waals surface area contributed by atoms with E-state index in [1.54, 1.807) is 6.07 Å². The molecule has 0 atom stereocenters. The van der Waals surface area contributed by atoms with Gasteiger partial charge in [0, 0.05) is 24.8 Å². The number of fused-ring (bicyclic) bond motifs is 1. The van der Waals surface area contributed by atoms with Crippen LogP contribution in [0.3, 0.4) is 0 Å². The highest BCUT2D eigenvalue weighted by atomic mass is 16.4. The van der Waals surface area contributed by atoms with Crippen molar-refractivity contribution < 1.29 is 4.42 Å². The van der Waals surface area contributed by atoms with Crippen LogP contribution in [0.1, 0.15) is 6.92 Å². The fourth-order valence-corrected chi connectivity index (χ4v) is 1.53. The van der Waals surface area contributed by atoms with E-state index in [0.717, 1.165) is 30.7 Å². The van der Waals surface area contributed by atoms with E-state index in [1.165, 1.54) is 0 Å². The topological polar surface area (TPSA) is 67.3 Å². The second kappa shape index (κ2) is 5.05. The molecule has 1 aromatic carbocycles. The summed E-state index contributed by atoms with van der Waals surface area (Å²) >= 11 is 0. The van der Waals surface area contributed by atoms with Crippen LogP contribution in [0, 0.1) is 0 Å². The minimum Gasteiger partial charge on any atom is -0.423 e. The normalized spacial score (nSPS) is 11.2. The number of hydrogen-bond donors (Lipinski definition) is 2. The highest BCUT2D eigenvalue weighted by molar-refractivity contribution is 5.77. The average Bonchev–Trinajstić information content (AvgIpc) is 2.70. The Morgan fingerprint density at radius 2 is 2.29 bits per heavy atom. The molecule has 1 aromatic heterocycles. The van der Waals surface area contributed by atoms with E-state index in [9.17, 15) is 0 Å². The first-order valence-corrected chi connectivity index (χ1v) is 5.77. The summed E-state index contributed by atoms with van der Waals surface area (Å²) in [6.45, 7) is 4.93. The number of benzene rings is 1. The lowest BCUT2D eigenvalue weighted by atomic mass is 10.3. The summed E-state index contributed by atoms with van der Waals surface area (Å²) in [5.74, 6) is 0. The molecule has 0 aliphatic heterocycles. The SMILES string of the molecule is CCN(C)CCNc1nc2ccc(N)cc2o1. The van der Waals surface area contributed by atoms with Gasteiger partial charge >= 0.3 is 0 Å². The van der Waals surface area contributed by atoms with Crippen molar-refractivity contribution in [3.8, 4) is 0 Å². The fraction of sp³-hybridized carbons (Fsp3) is 0.417. The van der Waals surface area contributed by atoms with Gasteiger partial charge in [0.25, 0.3) is 6.01 Å². The molecule has 17 heavy (non-hydrogen) atoms. The number of nitrogens with two attached hydrogens (primary N) is 1. The largest absolute Gasteiger partial charge is 0.423 e. The van der Waals surface area contributed by atoms with Gasteiger partial charge in [-0.15, -0.1) is 0 Å². The molecule has 5 nitrogen and oxygen atoms in total. The van der Waals surface area contributed by atoms with Crippen molar-refractivity contribution in [2.45, 2.75) is 6.92 Å². The van der Waals surface area contributed by atoms with Gasteiger partial charge in [-0.2, -0.15) is 4.98 Å². The lowest BCUT2D eigenvalue weighted by Crippen LogP contribution is -2.24. The Bertz CT molecular complexity index is 494. The lowest BCUT2D eigenvalue weighted by Gasteiger charge is -2.12. The molecular weight excluding hydrogens is 216 g/mol. The van der Waals surface area contributed by atoms with E-state index < -0.39 is 0 Å². The Balaban J connectivity index is 1.99. The molecule has 3 N–H and O–H groups in total. The maximum absolute atomic E-state index is 5.68. The Hall–Kier alpha value is -1.75. The molecule has 2 rings (SSSR count). The standard InChI is InChI=1S/C12H18N4O/c1-3-16(2)7-6-14-12-15-10-5-4-9(13)8-11(10)17-12/h4-5,8H,3,6-7,13H2,1-2H3,(H,14,15). The molecule has 0 radical (unpaired) electrons. The van der Waals surface area contributed by atoms with Crippen molar-refractivity contribution in [2.24, 2.45) is 0 Å². The van der Waals surface area contributed by atoms with Crippen molar-refractivity contribution in [1.82, 2.24) is 9.88 Å². The molecule has 0 aliphatic carbocycles. The van der Waals surface area contributed by atoms with Gasteiger partial charge in [0.2, 0.25) is 0 Å². The summed E-state index contributed by atoms with van der Waals surface area (Å²) in [4.78, 5) is 6.54. The number of anilines is 2. The number of nitrogen functional groups attached to an aromatic ring is 1. The third-order valence-electron chi connectivity index (χ3n) is 2.72. The van der Waals surface area contributed by atoms with Gasteiger partial charge in [-0.05, 0) is 25.7 Å². The van der Waals surface area contributed by atoms with Gasteiger partial charge in [-0.25, -0.2) is 0 Å². The first-order chi connectivity index (χ1) is 8.19. The molecule has 2 aromatic rings. The number of aromatic nitrogens is 1. The predicted octanol–water partition coefficient (Wildman–Crippen LogP) is 1.77. The van der Waals surface area contributed by atoms with Crippen LogP contribution in [-0.2, 0) is 0 Å². The summed E-state index contributed by atoms with van der Waals surface area (Å²) in [6.07, 6.45) is 0. The van der Waals surface area contributed by atoms with Crippen LogP contribution in [0.25, 0.3) is 11.1 Å². The highest BCUT2D eigenvalue weighted by Crippen LogP contribution is 2.20. The number of oxazole rings is 1. The molecule has 0 saturated heterocycles. The quantitative estimate of drug-likeness (QED) is 0.772. The van der Waals surface area contributed by atoms with Gasteiger partial charge in [0.1, 0.15) is 5.52 Å². The number of hydrogen-bond acceptors (Lipinski definition) is 5. The van der Waals surface area contributed by atoms with E-state index >= 15 is 0 Å². The number of likely N-dealkylation sites (N-methyl/N-ethyl adjacent to an activating group) is 1. The Morgan fingerprint density at radius 3 is 3.06 bits per heavy atom. The van der Waals surface area contributed by atoms with Gasteiger partial charge in [-0.3, -0.25) is 0 Å². The van der Waals surface area contributed by atoms with Crippen molar-refractivity contribution in [3.05, 3.63) is 18.2 Å². The Kier molecular flexibility index (Phi) is 3.49. The zero-order valence-electron chi connectivity index (χ0n) is 10.2. The first kappa shape index (κ1) is 11.7. The minimum absolute atomic E-state index is 0.551. The van der Waals surface area contributed by atoms with Crippen molar-refractivity contribution in [2.75, 3.05) is 37.7 Å². The van der Waals surface area contributed by atoms with Crippen LogP contribution in [0.4, 0.5) is 11.7 Å². The number of rotatable bonds is 5. The van der Waals surface area contributed by atoms with E-state index in [0.29, 0.717) is 11.7 Å². The summed E-state index contributed by atoms with van der Waals surface area (Å²) in [5.41, 5.74) is 7.91. The van der Waals surface area contributed by atoms with Crippen LogP contribution in [0.15, 0.2) is 22.6 Å². The van der Waals surface area contributed by atoms with Crippen LogP contribution in [-0.4, -0.2) is 36.6 Å². The Labute approximate surface area is 101 Å². The summed E-state index contributed by atoms with van der Waals surface area (Å²) in [7, 11) is 2.08. The minimum atomic E-state index is 0.551. The van der Waals surface area contributed by atoms with Gasteiger partial charge < -0.3 is 20.4 Å². The molecular formula is C12H18N4O. The maximum Gasteiger partial charge on any atom is 0.295 e. The third kappa shape index (κ3) is 2.88. The molecule has 92 valence electrons. The van der Waals surface area contributed by atoms with Crippen molar-refractivity contribution in [1.29, 1.82) is 0 Å². The van der Waals surface area contributed by atoms with Crippen LogP contribution in [0.2, 0.25) is 0 Å². The van der Waals surface area contributed by atoms with Gasteiger partial charge in [0.15, 0.2) is 5.58 Å². The van der Waals surface area contributed by atoms with Gasteiger partial charge in [0.05, 0.1) is 0 Å². The molecule has 0 amide bonds. The lowest BCUT2D eigenvalue weighted by molar-refractivity contribution is 0.366. The highest BCUT2D eigenvalue weighted by Gasteiger charge is 2.05.